The fourth-order valence-electron chi connectivity index (χ4n) is 3.66. The molecular formula is C21H27N7. The van der Waals surface area contributed by atoms with Crippen LogP contribution in [-0.2, 0) is 19.5 Å². The van der Waals surface area contributed by atoms with Gasteiger partial charge in [0.2, 0.25) is 0 Å². The Balaban J connectivity index is 1.30. The van der Waals surface area contributed by atoms with Crippen LogP contribution >= 0.6 is 0 Å². The lowest BCUT2D eigenvalue weighted by atomic mass is 9.99. The quantitative estimate of drug-likeness (QED) is 0.525. The Kier molecular flexibility index (Phi) is 5.53. The van der Waals surface area contributed by atoms with Crippen LogP contribution in [0.4, 0.5) is 0 Å². The van der Waals surface area contributed by atoms with E-state index in [-0.39, 0.29) is 0 Å². The van der Waals surface area contributed by atoms with Crippen LogP contribution in [0.1, 0.15) is 23.9 Å². The van der Waals surface area contributed by atoms with Gasteiger partial charge in [0.15, 0.2) is 17.4 Å². The number of hydrogen-bond acceptors (Lipinski definition) is 4. The molecule has 0 aliphatic carbocycles. The molecule has 1 aromatic carbocycles. The molecule has 2 N–H and O–H groups in total. The van der Waals surface area contributed by atoms with Gasteiger partial charge in [0.1, 0.15) is 0 Å². The zero-order valence-electron chi connectivity index (χ0n) is 16.5. The number of pyridine rings is 1. The third-order valence-electron chi connectivity index (χ3n) is 5.37. The molecule has 3 heterocycles. The predicted molar refractivity (Wildman–Crippen MR) is 111 cm³/mol. The maximum atomic E-state index is 4.34. The topological polar surface area (TPSA) is 69.8 Å². The molecule has 0 bridgehead atoms. The summed E-state index contributed by atoms with van der Waals surface area (Å²) in [6.07, 6.45) is 3.09. The number of aromatic nitrogens is 3. The van der Waals surface area contributed by atoms with Gasteiger partial charge in [-0.3, -0.25) is 14.3 Å². The fraction of sp³-hybridized carbons (Fsp3) is 0.381. The van der Waals surface area contributed by atoms with Gasteiger partial charge in [0.05, 0.1) is 6.54 Å². The first-order valence-electron chi connectivity index (χ1n) is 9.78. The van der Waals surface area contributed by atoms with Crippen molar-refractivity contribution in [3.8, 4) is 0 Å². The average Bonchev–Trinajstić information content (AvgIpc) is 3.16. The number of hydrogen-bond donors (Lipinski definition) is 2. The molecular weight excluding hydrogens is 350 g/mol. The van der Waals surface area contributed by atoms with Crippen molar-refractivity contribution in [2.24, 2.45) is 4.99 Å². The number of aliphatic imine (C=N–C) groups is 1. The maximum Gasteiger partial charge on any atom is 0.191 e. The third-order valence-corrected chi connectivity index (χ3v) is 5.37. The summed E-state index contributed by atoms with van der Waals surface area (Å²) >= 11 is 0. The molecule has 1 aliphatic rings. The number of fused-ring (bicyclic) bond motifs is 2. The van der Waals surface area contributed by atoms with Crippen molar-refractivity contribution in [3.05, 3.63) is 65.6 Å². The normalized spacial score (nSPS) is 16.0. The average molecular weight is 377 g/mol. The SMILES string of the molecule is CN=C(NCc1nnc2ccccn12)NCC(C)N1CCc2ccccc2C1. The fourth-order valence-corrected chi connectivity index (χ4v) is 3.66. The molecule has 28 heavy (non-hydrogen) atoms. The van der Waals surface area contributed by atoms with Gasteiger partial charge >= 0.3 is 0 Å². The Bertz CT molecular complexity index is 962. The van der Waals surface area contributed by atoms with Crippen molar-refractivity contribution in [2.75, 3.05) is 20.1 Å². The monoisotopic (exact) mass is 377 g/mol. The second kappa shape index (κ2) is 8.39. The molecule has 1 atom stereocenters. The highest BCUT2D eigenvalue weighted by atomic mass is 15.3. The molecule has 3 aromatic rings. The highest BCUT2D eigenvalue weighted by Gasteiger charge is 2.20. The molecule has 146 valence electrons. The van der Waals surface area contributed by atoms with E-state index in [0.29, 0.717) is 12.6 Å². The van der Waals surface area contributed by atoms with Gasteiger partial charge < -0.3 is 10.6 Å². The summed E-state index contributed by atoms with van der Waals surface area (Å²) in [5.74, 6) is 1.64. The lowest BCUT2D eigenvalue weighted by Gasteiger charge is -2.34. The van der Waals surface area contributed by atoms with Crippen molar-refractivity contribution in [1.82, 2.24) is 30.1 Å². The molecule has 1 aliphatic heterocycles. The minimum Gasteiger partial charge on any atom is -0.355 e. The van der Waals surface area contributed by atoms with Crippen molar-refractivity contribution in [3.63, 3.8) is 0 Å². The first kappa shape index (κ1) is 18.4. The zero-order chi connectivity index (χ0) is 19.3. The molecule has 0 amide bonds. The Morgan fingerprint density at radius 1 is 1.11 bits per heavy atom. The lowest BCUT2D eigenvalue weighted by molar-refractivity contribution is 0.191. The smallest absolute Gasteiger partial charge is 0.191 e. The van der Waals surface area contributed by atoms with Crippen LogP contribution in [0.2, 0.25) is 0 Å². The van der Waals surface area contributed by atoms with Crippen molar-refractivity contribution in [2.45, 2.75) is 32.5 Å². The highest BCUT2D eigenvalue weighted by Crippen LogP contribution is 2.19. The van der Waals surface area contributed by atoms with Gasteiger partial charge in [-0.05, 0) is 36.6 Å². The van der Waals surface area contributed by atoms with Gasteiger partial charge in [-0.1, -0.05) is 30.3 Å². The number of rotatable bonds is 5. The van der Waals surface area contributed by atoms with Crippen molar-refractivity contribution >= 4 is 11.6 Å². The molecule has 0 saturated heterocycles. The zero-order valence-corrected chi connectivity index (χ0v) is 16.5. The minimum absolute atomic E-state index is 0.417. The maximum absolute atomic E-state index is 4.34. The van der Waals surface area contributed by atoms with Crippen LogP contribution in [0.3, 0.4) is 0 Å². The summed E-state index contributed by atoms with van der Waals surface area (Å²) in [6, 6.07) is 15.1. The largest absolute Gasteiger partial charge is 0.355 e. The van der Waals surface area contributed by atoms with Crippen LogP contribution < -0.4 is 10.6 Å². The highest BCUT2D eigenvalue weighted by molar-refractivity contribution is 5.79. The number of benzene rings is 1. The standard InChI is InChI=1S/C21H27N7/c1-16(27-12-10-17-7-3-4-8-18(17)15-27)13-23-21(22-2)24-14-20-26-25-19-9-5-6-11-28(19)20/h3-9,11,16H,10,12-15H2,1-2H3,(H2,22,23,24). The van der Waals surface area contributed by atoms with Crippen LogP contribution in [0.25, 0.3) is 5.65 Å². The van der Waals surface area contributed by atoms with Crippen LogP contribution in [0, 0.1) is 0 Å². The molecule has 2 aromatic heterocycles. The molecule has 7 heteroatoms. The molecule has 7 nitrogen and oxygen atoms in total. The van der Waals surface area contributed by atoms with Crippen molar-refractivity contribution < 1.29 is 0 Å². The van der Waals surface area contributed by atoms with E-state index in [4.69, 9.17) is 0 Å². The Hall–Kier alpha value is -2.93. The van der Waals surface area contributed by atoms with Gasteiger partial charge in [-0.25, -0.2) is 0 Å². The summed E-state index contributed by atoms with van der Waals surface area (Å²) in [5, 5.41) is 15.2. The molecule has 0 saturated carbocycles. The van der Waals surface area contributed by atoms with Crippen LogP contribution in [0.15, 0.2) is 53.7 Å². The van der Waals surface area contributed by atoms with E-state index < -0.39 is 0 Å². The minimum atomic E-state index is 0.417. The third kappa shape index (κ3) is 3.99. The Morgan fingerprint density at radius 2 is 1.93 bits per heavy atom. The summed E-state index contributed by atoms with van der Waals surface area (Å²) in [7, 11) is 1.79. The number of guanidine groups is 1. The molecule has 0 radical (unpaired) electrons. The van der Waals surface area contributed by atoms with Crippen LogP contribution in [-0.4, -0.2) is 51.6 Å². The summed E-state index contributed by atoms with van der Waals surface area (Å²) < 4.78 is 1.98. The molecule has 0 spiro atoms. The Morgan fingerprint density at radius 3 is 2.79 bits per heavy atom. The number of nitrogens with one attached hydrogen (secondary N) is 2. The van der Waals surface area contributed by atoms with E-state index >= 15 is 0 Å². The van der Waals surface area contributed by atoms with E-state index in [1.54, 1.807) is 7.05 Å². The van der Waals surface area contributed by atoms with E-state index in [1.807, 2.05) is 28.8 Å². The first-order chi connectivity index (χ1) is 13.7. The summed E-state index contributed by atoms with van der Waals surface area (Å²) in [4.78, 5) is 6.86. The Labute approximate surface area is 165 Å². The molecule has 0 fully saturated rings. The van der Waals surface area contributed by atoms with E-state index in [9.17, 15) is 0 Å². The predicted octanol–water partition coefficient (Wildman–Crippen LogP) is 1.84. The van der Waals surface area contributed by atoms with Gasteiger partial charge in [0.25, 0.3) is 0 Å². The summed E-state index contributed by atoms with van der Waals surface area (Å²) in [5.41, 5.74) is 3.78. The second-order valence-electron chi connectivity index (χ2n) is 7.19. The molecule has 4 rings (SSSR count). The lowest BCUT2D eigenvalue weighted by Crippen LogP contribution is -2.47. The van der Waals surface area contributed by atoms with Gasteiger partial charge in [-0.15, -0.1) is 10.2 Å². The van der Waals surface area contributed by atoms with Gasteiger partial charge in [-0.2, -0.15) is 0 Å². The van der Waals surface area contributed by atoms with E-state index in [1.165, 1.54) is 11.1 Å². The van der Waals surface area contributed by atoms with Crippen molar-refractivity contribution in [1.29, 1.82) is 0 Å². The second-order valence-corrected chi connectivity index (χ2v) is 7.19. The van der Waals surface area contributed by atoms with E-state index in [0.717, 1.165) is 43.5 Å². The van der Waals surface area contributed by atoms with Gasteiger partial charge in [0, 0.05) is 38.9 Å². The number of nitrogens with zero attached hydrogens (tertiary/aromatic N) is 5. The van der Waals surface area contributed by atoms with Crippen LogP contribution in [0.5, 0.6) is 0 Å². The van der Waals surface area contributed by atoms with E-state index in [2.05, 4.69) is 61.9 Å². The summed E-state index contributed by atoms with van der Waals surface area (Å²) in [6.45, 7) is 5.77. The molecule has 1 unspecified atom stereocenters. The first-order valence-corrected chi connectivity index (χ1v) is 9.78.